The van der Waals surface area contributed by atoms with Crippen LogP contribution in [0.4, 0.5) is 24.7 Å². The normalized spacial score (nSPS) is 10.9. The smallest absolute Gasteiger partial charge is 0.264 e. The first-order valence-corrected chi connectivity index (χ1v) is 11.4. The Morgan fingerprint density at radius 1 is 1.08 bits per heavy atom. The second-order valence-electron chi connectivity index (χ2n) is 7.36. The maximum atomic E-state index is 13.2. The van der Waals surface area contributed by atoms with Gasteiger partial charge in [0.2, 0.25) is 0 Å². The summed E-state index contributed by atoms with van der Waals surface area (Å²) in [6.45, 7) is 1.23. The zero-order valence-electron chi connectivity index (χ0n) is 19.5. The molecule has 192 valence electrons. The molecule has 7 nitrogen and oxygen atoms in total. The van der Waals surface area contributed by atoms with Gasteiger partial charge < -0.3 is 24.5 Å². The summed E-state index contributed by atoms with van der Waals surface area (Å²) in [5, 5.41) is 12.4. The fourth-order valence-electron chi connectivity index (χ4n) is 3.51. The molecular weight excluding hydrogens is 497 g/mol. The summed E-state index contributed by atoms with van der Waals surface area (Å²) in [4.78, 5) is 8.67. The zero-order chi connectivity index (χ0) is 25.9. The number of benzene rings is 2. The number of hydrogen-bond acceptors (Lipinski definition) is 6. The minimum absolute atomic E-state index is 0.0224. The van der Waals surface area contributed by atoms with E-state index in [1.807, 2.05) is 16.8 Å². The number of alkyl halides is 3. The third kappa shape index (κ3) is 6.87. The van der Waals surface area contributed by atoms with Crippen LogP contribution in [-0.4, -0.2) is 46.6 Å². The molecule has 4 rings (SSSR count). The zero-order valence-corrected chi connectivity index (χ0v) is 20.3. The SMILES string of the molecule is CF.OCCOCCn1ccc2ncnc(Nc3ccc(OCc4ccccc4C(F)F)c(Cl)c3)c21. The third-order valence-electron chi connectivity index (χ3n) is 5.13. The van der Waals surface area contributed by atoms with Crippen LogP contribution in [0.1, 0.15) is 17.6 Å². The third-order valence-corrected chi connectivity index (χ3v) is 5.43. The van der Waals surface area contributed by atoms with Crippen molar-refractivity contribution in [3.8, 4) is 5.75 Å². The summed E-state index contributed by atoms with van der Waals surface area (Å²) in [5.41, 5.74) is 2.59. The molecule has 0 saturated carbocycles. The van der Waals surface area contributed by atoms with Gasteiger partial charge in [-0.25, -0.2) is 18.7 Å². The van der Waals surface area contributed by atoms with Gasteiger partial charge in [0, 0.05) is 24.0 Å². The second-order valence-corrected chi connectivity index (χ2v) is 7.77. The van der Waals surface area contributed by atoms with Gasteiger partial charge in [-0.15, -0.1) is 0 Å². The highest BCUT2D eigenvalue weighted by Crippen LogP contribution is 2.32. The van der Waals surface area contributed by atoms with Gasteiger partial charge in [0.15, 0.2) is 5.82 Å². The van der Waals surface area contributed by atoms with Crippen molar-refractivity contribution >= 4 is 34.1 Å². The predicted molar refractivity (Wildman–Crippen MR) is 133 cm³/mol. The van der Waals surface area contributed by atoms with E-state index in [-0.39, 0.29) is 25.4 Å². The highest BCUT2D eigenvalue weighted by atomic mass is 35.5. The quantitative estimate of drug-likeness (QED) is 0.237. The van der Waals surface area contributed by atoms with Crippen LogP contribution in [0.2, 0.25) is 5.02 Å². The van der Waals surface area contributed by atoms with Crippen molar-refractivity contribution in [1.29, 1.82) is 0 Å². The van der Waals surface area contributed by atoms with E-state index >= 15 is 0 Å². The summed E-state index contributed by atoms with van der Waals surface area (Å²) in [7, 11) is 0.500. The molecule has 4 aromatic rings. The molecule has 0 unspecified atom stereocenters. The standard InChI is InChI=1S/C24H23ClF2N4O3.CH3F/c25-19-13-17(5-6-21(19)34-14-16-3-1-2-4-18(16)23(26)27)30-24-22-20(28-15-29-24)7-8-31(22)9-11-33-12-10-32;1-2/h1-8,13,15,23,32H,9-12,14H2,(H,28,29,30);1H3. The minimum Gasteiger partial charge on any atom is -0.487 e. The number of rotatable bonds is 11. The summed E-state index contributed by atoms with van der Waals surface area (Å²) in [6, 6.07) is 13.3. The van der Waals surface area contributed by atoms with Gasteiger partial charge in [-0.05, 0) is 29.8 Å². The summed E-state index contributed by atoms with van der Waals surface area (Å²) in [6.07, 6.45) is 0.789. The number of halogens is 4. The molecule has 0 fully saturated rings. The molecule has 0 spiro atoms. The Bertz CT molecular complexity index is 1260. The number of aliphatic hydroxyl groups is 1. The van der Waals surface area contributed by atoms with Crippen LogP contribution < -0.4 is 10.1 Å². The van der Waals surface area contributed by atoms with Crippen molar-refractivity contribution in [2.75, 3.05) is 32.3 Å². The van der Waals surface area contributed by atoms with E-state index < -0.39 is 6.43 Å². The molecule has 0 atom stereocenters. The van der Waals surface area contributed by atoms with Gasteiger partial charge in [0.05, 0.1) is 37.5 Å². The lowest BCUT2D eigenvalue weighted by molar-refractivity contribution is 0.0875. The Morgan fingerprint density at radius 3 is 2.64 bits per heavy atom. The molecule has 2 heterocycles. The highest BCUT2D eigenvalue weighted by Gasteiger charge is 2.14. The van der Waals surface area contributed by atoms with Crippen molar-refractivity contribution in [3.63, 3.8) is 0 Å². The molecule has 0 aliphatic carbocycles. The van der Waals surface area contributed by atoms with E-state index in [4.69, 9.17) is 26.2 Å². The van der Waals surface area contributed by atoms with E-state index in [2.05, 4.69) is 15.3 Å². The van der Waals surface area contributed by atoms with E-state index in [1.54, 1.807) is 36.4 Å². The van der Waals surface area contributed by atoms with Crippen molar-refractivity contribution in [2.45, 2.75) is 19.6 Å². The van der Waals surface area contributed by atoms with Crippen molar-refractivity contribution in [2.24, 2.45) is 0 Å². The number of aliphatic hydroxyl groups excluding tert-OH is 1. The molecule has 0 saturated heterocycles. The van der Waals surface area contributed by atoms with Gasteiger partial charge in [-0.2, -0.15) is 0 Å². The lowest BCUT2D eigenvalue weighted by Gasteiger charge is -2.14. The molecule has 11 heteroatoms. The number of ether oxygens (including phenoxy) is 2. The van der Waals surface area contributed by atoms with E-state index in [0.29, 0.717) is 48.2 Å². The molecule has 0 bridgehead atoms. The number of nitrogens with one attached hydrogen (secondary N) is 1. The molecular formula is C25H26ClF3N4O3. The second kappa shape index (κ2) is 13.7. The Hall–Kier alpha value is -3.34. The van der Waals surface area contributed by atoms with Crippen LogP contribution in [0, 0.1) is 0 Å². The van der Waals surface area contributed by atoms with Gasteiger partial charge in [-0.3, -0.25) is 4.39 Å². The highest BCUT2D eigenvalue weighted by molar-refractivity contribution is 6.32. The fraction of sp³-hybridized carbons (Fsp3) is 0.280. The average molecular weight is 523 g/mol. The van der Waals surface area contributed by atoms with Gasteiger partial charge in [0.25, 0.3) is 6.43 Å². The van der Waals surface area contributed by atoms with Crippen LogP contribution in [-0.2, 0) is 17.9 Å². The van der Waals surface area contributed by atoms with Crippen molar-refractivity contribution < 1.29 is 27.8 Å². The average Bonchev–Trinajstić information content (AvgIpc) is 3.31. The largest absolute Gasteiger partial charge is 0.487 e. The monoisotopic (exact) mass is 522 g/mol. The lowest BCUT2D eigenvalue weighted by Crippen LogP contribution is -2.09. The van der Waals surface area contributed by atoms with E-state index in [1.165, 1.54) is 12.4 Å². The number of hydrogen-bond donors (Lipinski definition) is 2. The van der Waals surface area contributed by atoms with Crippen LogP contribution in [0.3, 0.4) is 0 Å². The van der Waals surface area contributed by atoms with Crippen LogP contribution >= 0.6 is 11.6 Å². The Kier molecular flexibility index (Phi) is 10.3. The summed E-state index contributed by atoms with van der Waals surface area (Å²) >= 11 is 6.40. The summed E-state index contributed by atoms with van der Waals surface area (Å²) in [5.74, 6) is 0.973. The molecule has 2 aromatic heterocycles. The number of nitrogens with zero attached hydrogens (tertiary/aromatic N) is 3. The molecule has 0 radical (unpaired) electrons. The molecule has 2 aromatic carbocycles. The molecule has 0 amide bonds. The van der Waals surface area contributed by atoms with E-state index in [9.17, 15) is 13.2 Å². The van der Waals surface area contributed by atoms with Crippen molar-refractivity contribution in [3.05, 3.63) is 77.2 Å². The first-order valence-electron chi connectivity index (χ1n) is 11.0. The molecule has 36 heavy (non-hydrogen) atoms. The molecule has 0 aliphatic heterocycles. The van der Waals surface area contributed by atoms with Crippen LogP contribution in [0.25, 0.3) is 11.0 Å². The first kappa shape index (κ1) is 27.3. The predicted octanol–water partition coefficient (Wildman–Crippen LogP) is 5.94. The first-order chi connectivity index (χ1) is 17.6. The van der Waals surface area contributed by atoms with Crippen molar-refractivity contribution in [1.82, 2.24) is 14.5 Å². The number of anilines is 2. The fourth-order valence-corrected chi connectivity index (χ4v) is 3.74. The molecule has 2 N–H and O–H groups in total. The Morgan fingerprint density at radius 2 is 1.89 bits per heavy atom. The Labute approximate surface area is 211 Å². The van der Waals surface area contributed by atoms with Gasteiger partial charge >= 0.3 is 0 Å². The van der Waals surface area contributed by atoms with Crippen LogP contribution in [0.15, 0.2) is 61.1 Å². The molecule has 0 aliphatic rings. The summed E-state index contributed by atoms with van der Waals surface area (Å²) < 4.78 is 48.9. The van der Waals surface area contributed by atoms with Gasteiger partial charge in [-0.1, -0.05) is 35.9 Å². The number of aromatic nitrogens is 3. The Balaban J connectivity index is 0.00000176. The lowest BCUT2D eigenvalue weighted by atomic mass is 10.1. The van der Waals surface area contributed by atoms with Gasteiger partial charge in [0.1, 0.15) is 24.2 Å². The maximum absolute atomic E-state index is 13.2. The minimum atomic E-state index is -2.58. The maximum Gasteiger partial charge on any atom is 0.264 e. The topological polar surface area (TPSA) is 81.4 Å². The number of fused-ring (bicyclic) bond motifs is 1. The van der Waals surface area contributed by atoms with E-state index in [0.717, 1.165) is 11.0 Å². The van der Waals surface area contributed by atoms with Crippen LogP contribution in [0.5, 0.6) is 5.75 Å².